The number of halogens is 3. The molecule has 0 saturated carbocycles. The Bertz CT molecular complexity index is 1860. The molecule has 44 heavy (non-hydrogen) atoms. The lowest BCUT2D eigenvalue weighted by Crippen LogP contribution is -2.40. The van der Waals surface area contributed by atoms with Gasteiger partial charge in [-0.3, -0.25) is 4.79 Å². The Kier molecular flexibility index (Phi) is 7.42. The summed E-state index contributed by atoms with van der Waals surface area (Å²) in [4.78, 5) is 27.9. The standard InChI is InChI=1S/C34H33F3N2O5/c1-5-43-33(42)28(34(2,3)4)27-29(35)25(26(32(40)41)30(36)31(27)37)24-20-10-8-18(38-12-6-13-38)16-22(20)44-23-17-19(9-11-21(23)24)39-14-7-15-39/h8-11,16-17,28H,5-7,12-15H2,1-4H3/p+1. The minimum absolute atomic E-state index is 0.0399. The number of aromatic carboxylic acids is 1. The van der Waals surface area contributed by atoms with Crippen LogP contribution in [0.3, 0.4) is 0 Å². The van der Waals surface area contributed by atoms with E-state index in [9.17, 15) is 14.7 Å². The first-order chi connectivity index (χ1) is 20.9. The molecule has 0 aromatic heterocycles. The quantitative estimate of drug-likeness (QED) is 0.118. The number of fused-ring (bicyclic) bond motifs is 2. The van der Waals surface area contributed by atoms with Crippen LogP contribution >= 0.6 is 0 Å². The predicted molar refractivity (Wildman–Crippen MR) is 160 cm³/mol. The number of ether oxygens (including phenoxy) is 1. The highest BCUT2D eigenvalue weighted by molar-refractivity contribution is 6.08. The molecule has 0 bridgehead atoms. The Hall–Kier alpha value is -4.34. The monoisotopic (exact) mass is 607 g/mol. The zero-order valence-electron chi connectivity index (χ0n) is 25.1. The Labute approximate surface area is 252 Å². The Morgan fingerprint density at radius 3 is 2.30 bits per heavy atom. The van der Waals surface area contributed by atoms with Gasteiger partial charge in [-0.05, 0) is 37.0 Å². The van der Waals surface area contributed by atoms with Gasteiger partial charge in [-0.1, -0.05) is 20.8 Å². The minimum atomic E-state index is -1.85. The van der Waals surface area contributed by atoms with Crippen molar-refractivity contribution in [2.75, 3.05) is 37.7 Å². The number of carboxylic acids is 1. The van der Waals surface area contributed by atoms with Gasteiger partial charge in [0.2, 0.25) is 5.36 Å². The summed E-state index contributed by atoms with van der Waals surface area (Å²) in [6.45, 7) is 9.67. The van der Waals surface area contributed by atoms with E-state index in [1.807, 2.05) is 12.1 Å². The average Bonchev–Trinajstić information content (AvgIpc) is 2.89. The van der Waals surface area contributed by atoms with Crippen molar-refractivity contribution in [3.63, 3.8) is 0 Å². The maximum absolute atomic E-state index is 17.1. The van der Waals surface area contributed by atoms with Crippen molar-refractivity contribution in [2.45, 2.75) is 46.5 Å². The number of carbonyl (C=O) groups is 2. The molecule has 0 amide bonds. The van der Waals surface area contributed by atoms with Crippen molar-refractivity contribution >= 4 is 28.6 Å². The van der Waals surface area contributed by atoms with Crippen LogP contribution in [-0.2, 0) is 9.53 Å². The molecule has 3 heterocycles. The number of rotatable bonds is 6. The van der Waals surface area contributed by atoms with Gasteiger partial charge in [0.1, 0.15) is 35.8 Å². The van der Waals surface area contributed by atoms with Crippen LogP contribution in [0.4, 0.5) is 18.9 Å². The fraction of sp³-hybridized carbons (Fsp3) is 0.382. The largest absolute Gasteiger partial charge is 0.478 e. The third-order valence-corrected chi connectivity index (χ3v) is 8.63. The molecule has 4 aliphatic rings. The van der Waals surface area contributed by atoms with E-state index in [4.69, 9.17) is 9.15 Å². The summed E-state index contributed by atoms with van der Waals surface area (Å²) in [6, 6.07) is 10.6. The maximum Gasteiger partial charge on any atom is 0.339 e. The lowest BCUT2D eigenvalue weighted by molar-refractivity contribution is -0.147. The van der Waals surface area contributed by atoms with Crippen LogP contribution in [0.25, 0.3) is 33.4 Å². The number of hydrogen-bond donors (Lipinski definition) is 1. The van der Waals surface area contributed by atoms with Crippen molar-refractivity contribution in [1.82, 2.24) is 4.58 Å². The first-order valence-corrected chi connectivity index (χ1v) is 14.9. The summed E-state index contributed by atoms with van der Waals surface area (Å²) in [7, 11) is 0. The van der Waals surface area contributed by atoms with E-state index in [1.54, 1.807) is 52.0 Å². The van der Waals surface area contributed by atoms with Gasteiger partial charge in [-0.15, -0.1) is 0 Å². The summed E-state index contributed by atoms with van der Waals surface area (Å²) in [5.74, 6) is -8.84. The number of carbonyl (C=O) groups excluding carboxylic acids is 1. The highest BCUT2D eigenvalue weighted by Crippen LogP contribution is 2.48. The van der Waals surface area contributed by atoms with Gasteiger partial charge in [0.05, 0.1) is 25.0 Å². The number of nitrogens with zero attached hydrogens (tertiary/aromatic N) is 2. The Balaban J connectivity index is 1.75. The molecule has 0 spiro atoms. The molecule has 10 heteroatoms. The third kappa shape index (κ3) is 4.80. The number of carboxylic acid groups (broad SMARTS) is 1. The van der Waals surface area contributed by atoms with Crippen LogP contribution in [0.5, 0.6) is 0 Å². The van der Waals surface area contributed by atoms with Crippen molar-refractivity contribution in [3.8, 4) is 22.5 Å². The number of benzene rings is 3. The highest BCUT2D eigenvalue weighted by atomic mass is 19.2. The number of anilines is 1. The summed E-state index contributed by atoms with van der Waals surface area (Å²) < 4.78 is 62.6. The van der Waals surface area contributed by atoms with E-state index < -0.39 is 57.4 Å². The summed E-state index contributed by atoms with van der Waals surface area (Å²) in [5, 5.41) is 11.4. The molecule has 1 unspecified atom stereocenters. The zero-order chi connectivity index (χ0) is 31.5. The van der Waals surface area contributed by atoms with E-state index in [0.29, 0.717) is 22.3 Å². The van der Waals surface area contributed by atoms with Crippen molar-refractivity contribution in [1.29, 1.82) is 0 Å². The molecule has 1 N–H and O–H groups in total. The normalized spacial score (nSPS) is 15.7. The number of esters is 1. The van der Waals surface area contributed by atoms with Gasteiger partial charge in [0.25, 0.3) is 0 Å². The summed E-state index contributed by atoms with van der Waals surface area (Å²) in [5.41, 5.74) is -2.23. The Morgan fingerprint density at radius 2 is 1.73 bits per heavy atom. The van der Waals surface area contributed by atoms with E-state index in [0.717, 1.165) is 50.1 Å². The second-order valence-corrected chi connectivity index (χ2v) is 12.5. The number of hydrogen-bond acceptors (Lipinski definition) is 5. The third-order valence-electron chi connectivity index (χ3n) is 8.63. The van der Waals surface area contributed by atoms with Crippen LogP contribution in [0, 0.1) is 22.9 Å². The molecule has 2 aromatic rings. The van der Waals surface area contributed by atoms with Gasteiger partial charge in [0.15, 0.2) is 11.6 Å². The van der Waals surface area contributed by atoms with E-state index in [1.165, 1.54) is 0 Å². The molecule has 7 nitrogen and oxygen atoms in total. The Morgan fingerprint density at radius 1 is 1.00 bits per heavy atom. The first-order valence-electron chi connectivity index (χ1n) is 14.9. The second-order valence-electron chi connectivity index (χ2n) is 12.5. The molecule has 3 aliphatic heterocycles. The van der Waals surface area contributed by atoms with Gasteiger partial charge in [0, 0.05) is 58.5 Å². The maximum atomic E-state index is 17.1. The topological polar surface area (TPSA) is 83.0 Å². The van der Waals surface area contributed by atoms with Crippen LogP contribution in [0.2, 0.25) is 0 Å². The van der Waals surface area contributed by atoms with E-state index >= 15 is 13.2 Å². The zero-order valence-corrected chi connectivity index (χ0v) is 25.1. The minimum Gasteiger partial charge on any atom is -0.478 e. The SMILES string of the molecule is CCOC(=O)C(c1c(F)c(F)c(C(=O)O)c(-c2c3ccc(=[N+]4CCC4)cc-3oc3cc(N4CCC4)ccc23)c1F)C(C)(C)C. The van der Waals surface area contributed by atoms with Gasteiger partial charge in [-0.25, -0.2) is 22.5 Å². The van der Waals surface area contributed by atoms with Gasteiger partial charge >= 0.3 is 11.9 Å². The molecular formula is C34H34F3N2O5+. The molecular weight excluding hydrogens is 573 g/mol. The molecule has 1 atom stereocenters. The lowest BCUT2D eigenvalue weighted by Gasteiger charge is -2.33. The molecule has 2 aromatic carbocycles. The molecule has 2 fully saturated rings. The molecule has 2 saturated heterocycles. The average molecular weight is 608 g/mol. The predicted octanol–water partition coefficient (Wildman–Crippen LogP) is 6.40. The smallest absolute Gasteiger partial charge is 0.339 e. The van der Waals surface area contributed by atoms with Gasteiger partial charge in [-0.2, -0.15) is 0 Å². The molecule has 1 aliphatic carbocycles. The van der Waals surface area contributed by atoms with Crippen LogP contribution in [0.1, 0.15) is 62.4 Å². The van der Waals surface area contributed by atoms with E-state index in [-0.39, 0.29) is 12.2 Å². The molecule has 6 rings (SSSR count). The second kappa shape index (κ2) is 11.0. The highest BCUT2D eigenvalue weighted by Gasteiger charge is 2.43. The summed E-state index contributed by atoms with van der Waals surface area (Å²) >= 11 is 0. The van der Waals surface area contributed by atoms with Crippen molar-refractivity contribution in [2.24, 2.45) is 5.41 Å². The lowest BCUT2D eigenvalue weighted by atomic mass is 9.74. The molecule has 230 valence electrons. The van der Waals surface area contributed by atoms with Crippen LogP contribution in [-0.4, -0.2) is 49.8 Å². The van der Waals surface area contributed by atoms with Crippen LogP contribution in [0.15, 0.2) is 40.8 Å². The van der Waals surface area contributed by atoms with Crippen molar-refractivity contribution in [3.05, 3.63) is 70.3 Å². The fourth-order valence-electron chi connectivity index (χ4n) is 6.18. The first kappa shape index (κ1) is 29.7. The summed E-state index contributed by atoms with van der Waals surface area (Å²) in [6.07, 6.45) is 2.08. The fourth-order valence-corrected chi connectivity index (χ4v) is 6.18. The van der Waals surface area contributed by atoms with Crippen molar-refractivity contribution < 1.29 is 37.0 Å². The molecule has 0 radical (unpaired) electrons. The van der Waals surface area contributed by atoms with E-state index in [2.05, 4.69) is 9.48 Å². The van der Waals surface area contributed by atoms with Gasteiger partial charge < -0.3 is 19.2 Å². The van der Waals surface area contributed by atoms with Crippen LogP contribution < -0.4 is 14.8 Å².